The standard InChI is InChI=1S/C12H25N3O/c1-4-14(5-2)12(16)15-8-6-11(7-9-15)10(3)13/h10-11H,4-9,13H2,1-3H3. The fraction of sp³-hybridized carbons (Fsp3) is 0.917. The van der Waals surface area contributed by atoms with Crippen LogP contribution < -0.4 is 5.73 Å². The van der Waals surface area contributed by atoms with Crippen LogP contribution >= 0.6 is 0 Å². The van der Waals surface area contributed by atoms with Gasteiger partial charge in [-0.25, -0.2) is 4.79 Å². The topological polar surface area (TPSA) is 49.6 Å². The lowest BCUT2D eigenvalue weighted by molar-refractivity contribution is 0.132. The monoisotopic (exact) mass is 227 g/mol. The van der Waals surface area contributed by atoms with E-state index in [0.29, 0.717) is 5.92 Å². The molecular formula is C12H25N3O. The largest absolute Gasteiger partial charge is 0.328 e. The molecule has 2 N–H and O–H groups in total. The quantitative estimate of drug-likeness (QED) is 0.794. The van der Waals surface area contributed by atoms with Crippen molar-refractivity contribution in [1.29, 1.82) is 0 Å². The Hall–Kier alpha value is -0.770. The van der Waals surface area contributed by atoms with E-state index >= 15 is 0 Å². The smallest absolute Gasteiger partial charge is 0.319 e. The van der Waals surface area contributed by atoms with Crippen LogP contribution in [0.5, 0.6) is 0 Å². The number of piperidine rings is 1. The second-order valence-corrected chi connectivity index (χ2v) is 4.64. The van der Waals surface area contributed by atoms with E-state index in [2.05, 4.69) is 6.92 Å². The van der Waals surface area contributed by atoms with Gasteiger partial charge >= 0.3 is 6.03 Å². The van der Waals surface area contributed by atoms with Crippen LogP contribution in [0.1, 0.15) is 33.6 Å². The summed E-state index contributed by atoms with van der Waals surface area (Å²) in [6, 6.07) is 0.443. The van der Waals surface area contributed by atoms with Crippen LogP contribution in [0.4, 0.5) is 4.79 Å². The van der Waals surface area contributed by atoms with Gasteiger partial charge in [0, 0.05) is 32.2 Å². The zero-order chi connectivity index (χ0) is 12.1. The summed E-state index contributed by atoms with van der Waals surface area (Å²) in [7, 11) is 0. The van der Waals surface area contributed by atoms with Crippen molar-refractivity contribution < 1.29 is 4.79 Å². The molecule has 0 saturated carbocycles. The van der Waals surface area contributed by atoms with Crippen molar-refractivity contribution in [2.24, 2.45) is 11.7 Å². The minimum Gasteiger partial charge on any atom is -0.328 e. The fourth-order valence-corrected chi connectivity index (χ4v) is 2.31. The molecule has 0 bridgehead atoms. The second-order valence-electron chi connectivity index (χ2n) is 4.64. The Balaban J connectivity index is 2.44. The number of urea groups is 1. The Morgan fingerprint density at radius 2 is 1.88 bits per heavy atom. The lowest BCUT2D eigenvalue weighted by Gasteiger charge is -2.36. The molecule has 0 radical (unpaired) electrons. The highest BCUT2D eigenvalue weighted by atomic mass is 16.2. The van der Waals surface area contributed by atoms with Gasteiger partial charge in [0.05, 0.1) is 0 Å². The maximum atomic E-state index is 12.1. The van der Waals surface area contributed by atoms with Gasteiger partial charge in [0.25, 0.3) is 0 Å². The molecule has 1 atom stereocenters. The molecule has 1 rings (SSSR count). The molecule has 0 spiro atoms. The van der Waals surface area contributed by atoms with Crippen LogP contribution in [-0.2, 0) is 0 Å². The highest BCUT2D eigenvalue weighted by Crippen LogP contribution is 2.20. The molecule has 0 aromatic rings. The highest BCUT2D eigenvalue weighted by molar-refractivity contribution is 5.74. The minimum absolute atomic E-state index is 0.188. The third-order valence-electron chi connectivity index (χ3n) is 3.59. The number of rotatable bonds is 3. The number of carbonyl (C=O) groups is 1. The van der Waals surface area contributed by atoms with E-state index in [0.717, 1.165) is 39.0 Å². The molecule has 4 heteroatoms. The summed E-state index contributed by atoms with van der Waals surface area (Å²) in [4.78, 5) is 15.9. The van der Waals surface area contributed by atoms with E-state index in [-0.39, 0.29) is 12.1 Å². The van der Waals surface area contributed by atoms with Crippen LogP contribution in [0, 0.1) is 5.92 Å². The first-order valence-electron chi connectivity index (χ1n) is 6.39. The lowest BCUT2D eigenvalue weighted by atomic mass is 9.91. The first kappa shape index (κ1) is 13.3. The Kier molecular flexibility index (Phi) is 5.06. The first-order chi connectivity index (χ1) is 7.60. The summed E-state index contributed by atoms with van der Waals surface area (Å²) in [5, 5.41) is 0. The lowest BCUT2D eigenvalue weighted by Crippen LogP contribution is -2.48. The van der Waals surface area contributed by atoms with Crippen molar-refractivity contribution in [3.8, 4) is 0 Å². The molecule has 1 saturated heterocycles. The molecule has 1 aliphatic heterocycles. The number of hydrogen-bond donors (Lipinski definition) is 1. The predicted octanol–water partition coefficient (Wildman–Crippen LogP) is 1.51. The molecule has 0 aliphatic carbocycles. The third-order valence-corrected chi connectivity index (χ3v) is 3.59. The van der Waals surface area contributed by atoms with Crippen molar-refractivity contribution in [1.82, 2.24) is 9.80 Å². The van der Waals surface area contributed by atoms with Crippen molar-refractivity contribution >= 4 is 6.03 Å². The Labute approximate surface area is 98.8 Å². The number of hydrogen-bond acceptors (Lipinski definition) is 2. The molecule has 1 unspecified atom stereocenters. The van der Waals surface area contributed by atoms with Gasteiger partial charge in [0.15, 0.2) is 0 Å². The summed E-state index contributed by atoms with van der Waals surface area (Å²) < 4.78 is 0. The van der Waals surface area contributed by atoms with Crippen LogP contribution in [0.3, 0.4) is 0 Å². The average molecular weight is 227 g/mol. The minimum atomic E-state index is 0.188. The van der Waals surface area contributed by atoms with Crippen molar-refractivity contribution in [2.75, 3.05) is 26.2 Å². The molecule has 0 aromatic carbocycles. The van der Waals surface area contributed by atoms with Gasteiger partial charge in [-0.1, -0.05) is 0 Å². The molecule has 0 aromatic heterocycles. The van der Waals surface area contributed by atoms with Gasteiger partial charge in [-0.2, -0.15) is 0 Å². The van der Waals surface area contributed by atoms with Crippen LogP contribution in [0.2, 0.25) is 0 Å². The van der Waals surface area contributed by atoms with Gasteiger partial charge in [-0.05, 0) is 39.5 Å². The van der Waals surface area contributed by atoms with Crippen LogP contribution in [0.25, 0.3) is 0 Å². The van der Waals surface area contributed by atoms with Gasteiger partial charge in [-0.3, -0.25) is 0 Å². The molecule has 94 valence electrons. The van der Waals surface area contributed by atoms with Crippen molar-refractivity contribution in [3.63, 3.8) is 0 Å². The van der Waals surface area contributed by atoms with Crippen LogP contribution in [0.15, 0.2) is 0 Å². The van der Waals surface area contributed by atoms with E-state index in [1.165, 1.54) is 0 Å². The van der Waals surface area contributed by atoms with Crippen molar-refractivity contribution in [2.45, 2.75) is 39.7 Å². The first-order valence-corrected chi connectivity index (χ1v) is 6.39. The molecular weight excluding hydrogens is 202 g/mol. The summed E-state index contributed by atoms with van der Waals surface area (Å²) in [5.41, 5.74) is 5.89. The molecule has 1 fully saturated rings. The molecule has 16 heavy (non-hydrogen) atoms. The Morgan fingerprint density at radius 1 is 1.38 bits per heavy atom. The molecule has 1 heterocycles. The Bertz CT molecular complexity index is 218. The zero-order valence-electron chi connectivity index (χ0n) is 10.8. The van der Waals surface area contributed by atoms with Crippen molar-refractivity contribution in [3.05, 3.63) is 0 Å². The van der Waals surface area contributed by atoms with Gasteiger partial charge < -0.3 is 15.5 Å². The molecule has 1 aliphatic rings. The maximum Gasteiger partial charge on any atom is 0.319 e. The zero-order valence-corrected chi connectivity index (χ0v) is 10.8. The van der Waals surface area contributed by atoms with E-state index in [1.807, 2.05) is 23.6 Å². The summed E-state index contributed by atoms with van der Waals surface area (Å²) in [5.74, 6) is 0.584. The molecule has 2 amide bonds. The number of nitrogens with zero attached hydrogens (tertiary/aromatic N) is 2. The second kappa shape index (κ2) is 6.09. The van der Waals surface area contributed by atoms with E-state index in [1.54, 1.807) is 0 Å². The number of likely N-dealkylation sites (tertiary alicyclic amines) is 1. The third kappa shape index (κ3) is 3.11. The maximum absolute atomic E-state index is 12.1. The van der Waals surface area contributed by atoms with E-state index < -0.39 is 0 Å². The number of carbonyl (C=O) groups excluding carboxylic acids is 1. The predicted molar refractivity (Wildman–Crippen MR) is 66.3 cm³/mol. The fourth-order valence-electron chi connectivity index (χ4n) is 2.31. The van der Waals surface area contributed by atoms with Gasteiger partial charge in [0.2, 0.25) is 0 Å². The van der Waals surface area contributed by atoms with E-state index in [4.69, 9.17) is 5.73 Å². The SMILES string of the molecule is CCN(CC)C(=O)N1CCC(C(C)N)CC1. The van der Waals surface area contributed by atoms with E-state index in [9.17, 15) is 4.79 Å². The van der Waals surface area contributed by atoms with Gasteiger partial charge in [0.1, 0.15) is 0 Å². The Morgan fingerprint density at radius 3 is 2.25 bits per heavy atom. The number of nitrogens with two attached hydrogens (primary N) is 1. The average Bonchev–Trinajstić information content (AvgIpc) is 2.30. The summed E-state index contributed by atoms with van der Waals surface area (Å²) in [6.07, 6.45) is 2.09. The van der Waals surface area contributed by atoms with Gasteiger partial charge in [-0.15, -0.1) is 0 Å². The normalized spacial score (nSPS) is 19.6. The molecule has 4 nitrogen and oxygen atoms in total. The summed E-state index contributed by atoms with van der Waals surface area (Å²) in [6.45, 7) is 9.42. The summed E-state index contributed by atoms with van der Waals surface area (Å²) >= 11 is 0. The highest BCUT2D eigenvalue weighted by Gasteiger charge is 2.26. The van der Waals surface area contributed by atoms with Crippen LogP contribution in [-0.4, -0.2) is 48.1 Å². The number of amides is 2.